The van der Waals surface area contributed by atoms with Crippen LogP contribution in [0.1, 0.15) is 11.1 Å². The van der Waals surface area contributed by atoms with Crippen molar-refractivity contribution in [2.75, 3.05) is 6.79 Å². The van der Waals surface area contributed by atoms with Crippen molar-refractivity contribution >= 4 is 23.4 Å². The van der Waals surface area contributed by atoms with Gasteiger partial charge in [-0.25, -0.2) is 0 Å². The molecule has 1 aliphatic heterocycles. The maximum Gasteiger partial charge on any atom is 0.191 e. The number of aromatic nitrogens is 4. The van der Waals surface area contributed by atoms with Crippen molar-refractivity contribution in [2.45, 2.75) is 17.5 Å². The first-order valence-corrected chi connectivity index (χ1v) is 9.03. The Morgan fingerprint density at radius 2 is 2.24 bits per heavy atom. The molecule has 8 heteroatoms. The van der Waals surface area contributed by atoms with E-state index in [9.17, 15) is 0 Å². The molecule has 0 fully saturated rings. The van der Waals surface area contributed by atoms with Crippen molar-refractivity contribution in [3.05, 3.63) is 52.8 Å². The molecule has 128 valence electrons. The first kappa shape index (κ1) is 16.4. The predicted molar refractivity (Wildman–Crippen MR) is 95.5 cm³/mol. The molecule has 0 N–H and O–H groups in total. The van der Waals surface area contributed by atoms with E-state index in [0.717, 1.165) is 33.4 Å². The first-order chi connectivity index (χ1) is 12.2. The van der Waals surface area contributed by atoms with Crippen LogP contribution in [-0.2, 0) is 24.1 Å². The van der Waals surface area contributed by atoms with Crippen LogP contribution in [0.3, 0.4) is 0 Å². The average Bonchev–Trinajstić information content (AvgIpc) is 3.01. The molecule has 1 aliphatic rings. The SMILES string of the molecule is Cn1c(SCc2cc(Cl)cc3c2OCOC3)nnc1-c1cccnc1. The molecule has 0 saturated heterocycles. The quantitative estimate of drug-likeness (QED) is 0.649. The molecule has 3 aromatic rings. The third-order valence-corrected chi connectivity index (χ3v) is 5.15. The summed E-state index contributed by atoms with van der Waals surface area (Å²) in [4.78, 5) is 4.13. The van der Waals surface area contributed by atoms with Gasteiger partial charge < -0.3 is 14.0 Å². The molecule has 0 atom stereocenters. The highest BCUT2D eigenvalue weighted by atomic mass is 35.5. The molecule has 0 bridgehead atoms. The van der Waals surface area contributed by atoms with Gasteiger partial charge in [0.1, 0.15) is 5.75 Å². The van der Waals surface area contributed by atoms with Crippen LogP contribution < -0.4 is 4.74 Å². The van der Waals surface area contributed by atoms with Crippen LogP contribution in [-0.4, -0.2) is 26.5 Å². The maximum absolute atomic E-state index is 6.22. The van der Waals surface area contributed by atoms with Gasteiger partial charge in [0.25, 0.3) is 0 Å². The Kier molecular flexibility index (Phi) is 4.61. The lowest BCUT2D eigenvalue weighted by molar-refractivity contribution is -0.0168. The molecule has 2 aromatic heterocycles. The Bertz CT molecular complexity index is 901. The minimum atomic E-state index is 0.265. The van der Waals surface area contributed by atoms with Crippen LogP contribution >= 0.6 is 23.4 Å². The van der Waals surface area contributed by atoms with Crippen LogP contribution in [0, 0.1) is 0 Å². The minimum absolute atomic E-state index is 0.265. The molecular formula is C17H15ClN4O2S. The molecule has 25 heavy (non-hydrogen) atoms. The molecule has 6 nitrogen and oxygen atoms in total. The summed E-state index contributed by atoms with van der Waals surface area (Å²) < 4.78 is 12.9. The summed E-state index contributed by atoms with van der Waals surface area (Å²) in [5.74, 6) is 2.33. The van der Waals surface area contributed by atoms with E-state index in [2.05, 4.69) is 15.2 Å². The van der Waals surface area contributed by atoms with Crippen LogP contribution in [0.5, 0.6) is 5.75 Å². The van der Waals surface area contributed by atoms with Crippen molar-refractivity contribution in [1.29, 1.82) is 0 Å². The summed E-state index contributed by atoms with van der Waals surface area (Å²) in [5, 5.41) is 10.1. The summed E-state index contributed by atoms with van der Waals surface area (Å²) in [6.07, 6.45) is 3.52. The largest absolute Gasteiger partial charge is 0.467 e. The second-order valence-corrected chi connectivity index (χ2v) is 6.94. The summed E-state index contributed by atoms with van der Waals surface area (Å²) in [6.45, 7) is 0.782. The zero-order valence-electron chi connectivity index (χ0n) is 13.5. The monoisotopic (exact) mass is 374 g/mol. The van der Waals surface area contributed by atoms with Gasteiger partial charge >= 0.3 is 0 Å². The lowest BCUT2D eigenvalue weighted by Gasteiger charge is -2.20. The van der Waals surface area contributed by atoms with E-state index in [1.807, 2.05) is 35.9 Å². The summed E-state index contributed by atoms with van der Waals surface area (Å²) in [5.41, 5.74) is 2.94. The minimum Gasteiger partial charge on any atom is -0.467 e. The Labute approximate surface area is 154 Å². The highest BCUT2D eigenvalue weighted by Gasteiger charge is 2.18. The second-order valence-electron chi connectivity index (χ2n) is 5.56. The van der Waals surface area contributed by atoms with Crippen LogP contribution in [0.15, 0.2) is 41.8 Å². The van der Waals surface area contributed by atoms with Crippen LogP contribution in [0.25, 0.3) is 11.4 Å². The van der Waals surface area contributed by atoms with Crippen molar-refractivity contribution in [1.82, 2.24) is 19.7 Å². The zero-order chi connectivity index (χ0) is 17.2. The van der Waals surface area contributed by atoms with Gasteiger partial charge in [0.15, 0.2) is 17.8 Å². The van der Waals surface area contributed by atoms with Crippen molar-refractivity contribution < 1.29 is 9.47 Å². The van der Waals surface area contributed by atoms with E-state index in [1.165, 1.54) is 0 Å². The van der Waals surface area contributed by atoms with Gasteiger partial charge in [-0.2, -0.15) is 0 Å². The molecule has 0 aliphatic carbocycles. The fourth-order valence-electron chi connectivity index (χ4n) is 2.69. The number of nitrogens with zero attached hydrogens (tertiary/aromatic N) is 4. The van der Waals surface area contributed by atoms with Gasteiger partial charge in [-0.15, -0.1) is 10.2 Å². The Hall–Kier alpha value is -2.09. The average molecular weight is 375 g/mol. The standard InChI is InChI=1S/C17H15ClN4O2S/c1-22-16(11-3-2-4-19-7-11)20-21-17(22)25-9-13-6-14(18)5-12-8-23-10-24-15(12)13/h2-7H,8-10H2,1H3. The van der Waals surface area contributed by atoms with Crippen LogP contribution in [0.4, 0.5) is 0 Å². The lowest BCUT2D eigenvalue weighted by Crippen LogP contribution is -2.13. The predicted octanol–water partition coefficient (Wildman–Crippen LogP) is 3.69. The van der Waals surface area contributed by atoms with Gasteiger partial charge in [-0.3, -0.25) is 4.98 Å². The summed E-state index contributed by atoms with van der Waals surface area (Å²) >= 11 is 7.81. The number of ether oxygens (including phenoxy) is 2. The van der Waals surface area contributed by atoms with Gasteiger partial charge in [0.05, 0.1) is 6.61 Å². The number of pyridine rings is 1. The van der Waals surface area contributed by atoms with Gasteiger partial charge in [-0.1, -0.05) is 23.4 Å². The smallest absolute Gasteiger partial charge is 0.191 e. The molecule has 0 amide bonds. The number of benzene rings is 1. The normalized spacial score (nSPS) is 13.4. The number of hydrogen-bond acceptors (Lipinski definition) is 6. The lowest BCUT2D eigenvalue weighted by atomic mass is 10.1. The first-order valence-electron chi connectivity index (χ1n) is 7.67. The molecule has 0 spiro atoms. The van der Waals surface area contributed by atoms with E-state index in [1.54, 1.807) is 24.2 Å². The third-order valence-electron chi connectivity index (χ3n) is 3.86. The maximum atomic E-state index is 6.22. The summed E-state index contributed by atoms with van der Waals surface area (Å²) in [6, 6.07) is 7.66. The van der Waals surface area contributed by atoms with E-state index in [4.69, 9.17) is 21.1 Å². The van der Waals surface area contributed by atoms with Gasteiger partial charge in [0.2, 0.25) is 0 Å². The zero-order valence-corrected chi connectivity index (χ0v) is 15.0. The number of hydrogen-bond donors (Lipinski definition) is 0. The van der Waals surface area contributed by atoms with Gasteiger partial charge in [0, 0.05) is 46.9 Å². The van der Waals surface area contributed by atoms with E-state index < -0.39 is 0 Å². The molecule has 0 radical (unpaired) electrons. The molecule has 4 rings (SSSR count). The van der Waals surface area contributed by atoms with Crippen LogP contribution in [0.2, 0.25) is 5.02 Å². The topological polar surface area (TPSA) is 62.1 Å². The third kappa shape index (κ3) is 3.35. The Balaban J connectivity index is 1.57. The molecular weight excluding hydrogens is 360 g/mol. The highest BCUT2D eigenvalue weighted by molar-refractivity contribution is 7.98. The Morgan fingerprint density at radius 1 is 1.32 bits per heavy atom. The molecule has 0 saturated carbocycles. The molecule has 0 unspecified atom stereocenters. The van der Waals surface area contributed by atoms with E-state index in [0.29, 0.717) is 17.4 Å². The van der Waals surface area contributed by atoms with E-state index >= 15 is 0 Å². The summed E-state index contributed by atoms with van der Waals surface area (Å²) in [7, 11) is 1.95. The second kappa shape index (κ2) is 7.03. The number of rotatable bonds is 4. The van der Waals surface area contributed by atoms with Gasteiger partial charge in [-0.05, 0) is 24.3 Å². The molecule has 3 heterocycles. The fraction of sp³-hybridized carbons (Fsp3) is 0.235. The van der Waals surface area contributed by atoms with E-state index in [-0.39, 0.29) is 6.79 Å². The molecule has 1 aromatic carbocycles. The highest BCUT2D eigenvalue weighted by Crippen LogP contribution is 2.35. The van der Waals surface area contributed by atoms with Crippen molar-refractivity contribution in [3.63, 3.8) is 0 Å². The fourth-order valence-corrected chi connectivity index (χ4v) is 3.83. The Morgan fingerprint density at radius 3 is 3.08 bits per heavy atom. The number of halogens is 1. The van der Waals surface area contributed by atoms with Crippen molar-refractivity contribution in [2.24, 2.45) is 7.05 Å². The number of fused-ring (bicyclic) bond motifs is 1. The number of thioether (sulfide) groups is 1. The van der Waals surface area contributed by atoms with Crippen molar-refractivity contribution in [3.8, 4) is 17.1 Å².